The van der Waals surface area contributed by atoms with Crippen molar-refractivity contribution in [3.8, 4) is 0 Å². The molecule has 0 radical (unpaired) electrons. The van der Waals surface area contributed by atoms with Crippen molar-refractivity contribution in [2.24, 2.45) is 11.7 Å². The number of hydrazine groups is 2. The zero-order chi connectivity index (χ0) is 13.0. The van der Waals surface area contributed by atoms with E-state index in [1.807, 2.05) is 18.2 Å². The summed E-state index contributed by atoms with van der Waals surface area (Å²) in [6, 6.07) is 5.30. The van der Waals surface area contributed by atoms with Crippen LogP contribution in [-0.4, -0.2) is 18.1 Å². The molecule has 0 atom stereocenters. The molecule has 0 aliphatic carbocycles. The van der Waals surface area contributed by atoms with Gasteiger partial charge in [-0.15, -0.1) is 0 Å². The second-order valence-corrected chi connectivity index (χ2v) is 4.84. The monoisotopic (exact) mass is 348 g/mol. The molecule has 0 aliphatic rings. The third-order valence-corrected chi connectivity index (χ3v) is 3.59. The van der Waals surface area contributed by atoms with E-state index >= 15 is 0 Å². The van der Waals surface area contributed by atoms with E-state index in [-0.39, 0.29) is 0 Å². The van der Waals surface area contributed by atoms with Gasteiger partial charge >= 0.3 is 6.03 Å². The normalized spacial score (nSPS) is 10.2. The number of rotatable bonds is 3. The molecule has 0 heterocycles. The molecule has 0 saturated heterocycles. The van der Waals surface area contributed by atoms with Crippen molar-refractivity contribution < 1.29 is 4.79 Å². The van der Waals surface area contributed by atoms with Crippen molar-refractivity contribution >= 4 is 34.3 Å². The number of anilines is 1. The Balaban J connectivity index is 3.06. The Morgan fingerprint density at radius 2 is 2.06 bits per heavy atom. The van der Waals surface area contributed by atoms with Gasteiger partial charge in [0, 0.05) is 10.6 Å². The van der Waals surface area contributed by atoms with Crippen LogP contribution in [0.2, 0.25) is 0 Å². The lowest BCUT2D eigenvalue weighted by molar-refractivity contribution is 0.216. The van der Waals surface area contributed by atoms with Crippen LogP contribution in [0, 0.1) is 3.57 Å². The smallest absolute Gasteiger partial charge is 0.264 e. The van der Waals surface area contributed by atoms with Crippen LogP contribution in [-0.2, 0) is 6.42 Å². The summed E-state index contributed by atoms with van der Waals surface area (Å²) in [6.45, 7) is 2.11. The van der Waals surface area contributed by atoms with E-state index in [0.717, 1.165) is 26.4 Å². The predicted molar refractivity (Wildman–Crippen MR) is 77.2 cm³/mol. The molecule has 6 heteroatoms. The maximum Gasteiger partial charge on any atom is 0.352 e. The van der Waals surface area contributed by atoms with Gasteiger partial charge in [0.15, 0.2) is 0 Å². The average Bonchev–Trinajstić information content (AvgIpc) is 2.30. The van der Waals surface area contributed by atoms with Gasteiger partial charge in [0.2, 0.25) is 0 Å². The second kappa shape index (κ2) is 6.18. The summed E-state index contributed by atoms with van der Waals surface area (Å²) in [6.07, 6.45) is 2.02. The van der Waals surface area contributed by atoms with Crippen molar-refractivity contribution in [3.05, 3.63) is 27.3 Å². The van der Waals surface area contributed by atoms with Crippen LogP contribution in [0.15, 0.2) is 18.2 Å². The number of urea groups is 1. The number of hydrogen-bond acceptors (Lipinski definition) is 3. The van der Waals surface area contributed by atoms with E-state index in [2.05, 4.69) is 29.5 Å². The van der Waals surface area contributed by atoms with Crippen molar-refractivity contribution in [2.45, 2.75) is 19.8 Å². The highest BCUT2D eigenvalue weighted by Crippen LogP contribution is 2.25. The number of carbonyl (C=O) groups excluding carboxylic acids is 1. The Kier molecular flexibility index (Phi) is 5.16. The number of nitrogens with two attached hydrogens (primary N) is 2. The maximum absolute atomic E-state index is 11.7. The fourth-order valence-electron chi connectivity index (χ4n) is 1.49. The minimum Gasteiger partial charge on any atom is -0.264 e. The lowest BCUT2D eigenvalue weighted by Crippen LogP contribution is -2.48. The molecule has 1 aromatic rings. The first-order valence-electron chi connectivity index (χ1n) is 5.33. The van der Waals surface area contributed by atoms with Crippen LogP contribution in [0.25, 0.3) is 0 Å². The van der Waals surface area contributed by atoms with Crippen molar-refractivity contribution in [2.75, 3.05) is 12.1 Å². The number of carbonyl (C=O) groups is 1. The van der Waals surface area contributed by atoms with Gasteiger partial charge in [-0.25, -0.2) is 21.5 Å². The number of aryl methyl sites for hydroxylation is 1. The van der Waals surface area contributed by atoms with Crippen molar-refractivity contribution in [3.63, 3.8) is 0 Å². The van der Waals surface area contributed by atoms with Gasteiger partial charge in [-0.3, -0.25) is 5.01 Å². The summed E-state index contributed by atoms with van der Waals surface area (Å²) in [5.74, 6) is 11.1. The van der Waals surface area contributed by atoms with Crippen LogP contribution in [0.5, 0.6) is 0 Å². The molecule has 1 aromatic carbocycles. The van der Waals surface area contributed by atoms with Gasteiger partial charge in [-0.1, -0.05) is 25.5 Å². The highest BCUT2D eigenvalue weighted by molar-refractivity contribution is 14.1. The highest BCUT2D eigenvalue weighted by Gasteiger charge is 2.17. The number of benzene rings is 1. The summed E-state index contributed by atoms with van der Waals surface area (Å²) < 4.78 is 0.990. The van der Waals surface area contributed by atoms with Crippen LogP contribution in [0.4, 0.5) is 10.5 Å². The minimum absolute atomic E-state index is 0.448. The summed E-state index contributed by atoms with van der Waals surface area (Å²) in [5, 5.41) is 2.03. The van der Waals surface area contributed by atoms with Crippen molar-refractivity contribution in [1.82, 2.24) is 5.01 Å². The molecular weight excluding hydrogens is 331 g/mol. The summed E-state index contributed by atoms with van der Waals surface area (Å²) in [5.41, 5.74) is 1.87. The quantitative estimate of drug-likeness (QED) is 0.379. The molecule has 1 rings (SSSR count). The lowest BCUT2D eigenvalue weighted by atomic mass is 10.1. The summed E-state index contributed by atoms with van der Waals surface area (Å²) >= 11 is 2.20. The first-order valence-corrected chi connectivity index (χ1v) is 6.41. The van der Waals surface area contributed by atoms with E-state index in [1.165, 1.54) is 12.6 Å². The van der Waals surface area contributed by atoms with Crippen LogP contribution < -0.4 is 16.7 Å². The molecular formula is C11H17IN4O. The second-order valence-electron chi connectivity index (χ2n) is 3.76. The number of halogens is 1. The average molecular weight is 348 g/mol. The van der Waals surface area contributed by atoms with E-state index in [1.54, 1.807) is 0 Å². The topological polar surface area (TPSA) is 75.6 Å². The Bertz CT molecular complexity index is 408. The third-order valence-electron chi connectivity index (χ3n) is 2.34. The molecule has 0 bridgehead atoms. The van der Waals surface area contributed by atoms with Crippen LogP contribution in [0.3, 0.4) is 0 Å². The zero-order valence-electron chi connectivity index (χ0n) is 9.98. The lowest BCUT2D eigenvalue weighted by Gasteiger charge is -2.22. The Morgan fingerprint density at radius 3 is 2.59 bits per heavy atom. The number of hydrogen-bond donors (Lipinski definition) is 2. The van der Waals surface area contributed by atoms with Gasteiger partial charge in [-0.05, 0) is 40.6 Å². The van der Waals surface area contributed by atoms with E-state index in [4.69, 9.17) is 11.7 Å². The first-order chi connectivity index (χ1) is 7.99. The molecule has 0 unspecified atom stereocenters. The van der Waals surface area contributed by atoms with Gasteiger partial charge < -0.3 is 0 Å². The predicted octanol–water partition coefficient (Wildman–Crippen LogP) is 1.85. The molecule has 0 fully saturated rings. The van der Waals surface area contributed by atoms with Gasteiger partial charge in [-0.2, -0.15) is 0 Å². The standard InChI is InChI=1S/C11H17IN4O/c1-3-5-8-6-4-7-9(10(8)12)16(14)11(17)15(2)13/h4,6-7H,3,5,13-14H2,1-2H3. The largest absolute Gasteiger partial charge is 0.352 e. The SMILES string of the molecule is CCCc1cccc(N(N)C(=O)N(C)N)c1I. The zero-order valence-corrected chi connectivity index (χ0v) is 12.1. The Hall–Kier alpha value is -0.860. The van der Waals surface area contributed by atoms with Gasteiger partial charge in [0.25, 0.3) is 0 Å². The van der Waals surface area contributed by atoms with E-state index < -0.39 is 6.03 Å². The summed E-state index contributed by atoms with van der Waals surface area (Å²) in [7, 11) is 1.46. The number of nitrogens with zero attached hydrogens (tertiary/aromatic N) is 2. The summed E-state index contributed by atoms with van der Waals surface area (Å²) in [4.78, 5) is 11.7. The molecule has 4 N–H and O–H groups in total. The minimum atomic E-state index is -0.448. The van der Waals surface area contributed by atoms with Gasteiger partial charge in [0.05, 0.1) is 5.69 Å². The molecule has 2 amide bonds. The highest BCUT2D eigenvalue weighted by atomic mass is 127. The maximum atomic E-state index is 11.7. The molecule has 5 nitrogen and oxygen atoms in total. The van der Waals surface area contributed by atoms with E-state index in [9.17, 15) is 4.79 Å². The molecule has 0 aliphatic heterocycles. The molecule has 0 aromatic heterocycles. The van der Waals surface area contributed by atoms with Crippen molar-refractivity contribution in [1.29, 1.82) is 0 Å². The molecule has 0 saturated carbocycles. The molecule has 0 spiro atoms. The van der Waals surface area contributed by atoms with Crippen LogP contribution >= 0.6 is 22.6 Å². The van der Waals surface area contributed by atoms with Crippen LogP contribution in [0.1, 0.15) is 18.9 Å². The Morgan fingerprint density at radius 1 is 1.41 bits per heavy atom. The number of amides is 2. The molecule has 94 valence electrons. The fourth-order valence-corrected chi connectivity index (χ4v) is 2.38. The van der Waals surface area contributed by atoms with Gasteiger partial charge in [0.1, 0.15) is 0 Å². The van der Waals surface area contributed by atoms with E-state index in [0.29, 0.717) is 5.69 Å². The first kappa shape index (κ1) is 14.2. The molecule has 17 heavy (non-hydrogen) atoms. The Labute approximate surface area is 115 Å². The fraction of sp³-hybridized carbons (Fsp3) is 0.364. The third kappa shape index (κ3) is 3.30.